The van der Waals surface area contributed by atoms with Gasteiger partial charge in [-0.15, -0.1) is 11.3 Å². The monoisotopic (exact) mass is 262 g/mol. The molecule has 94 valence electrons. The molecule has 0 radical (unpaired) electrons. The van der Waals surface area contributed by atoms with E-state index in [0.29, 0.717) is 0 Å². The third-order valence-electron chi connectivity index (χ3n) is 2.28. The fourth-order valence-corrected chi connectivity index (χ4v) is 2.08. The number of carbonyl (C=O) groups excluding carboxylic acids is 1. The number of hydrogen-bond acceptors (Lipinski definition) is 5. The first kappa shape index (κ1) is 12.6. The van der Waals surface area contributed by atoms with Crippen LogP contribution in [0.15, 0.2) is 29.6 Å². The molecule has 2 rings (SSSR count). The van der Waals surface area contributed by atoms with Gasteiger partial charge in [-0.2, -0.15) is 0 Å². The molecule has 4 nitrogen and oxygen atoms in total. The standard InChI is InChI=1S/C13H14N2O2S/c1-9-3-5-11(6-4-9)14-13-15-12(8-18-13)7-17-10(2)16/h3-6,8H,7H2,1-2H3,(H,14,15). The normalized spacial score (nSPS) is 10.1. The van der Waals surface area contributed by atoms with Gasteiger partial charge in [-0.3, -0.25) is 4.79 Å². The van der Waals surface area contributed by atoms with Crippen LogP contribution >= 0.6 is 11.3 Å². The van der Waals surface area contributed by atoms with Crippen LogP contribution in [0.4, 0.5) is 10.8 Å². The van der Waals surface area contributed by atoms with Crippen molar-refractivity contribution in [3.8, 4) is 0 Å². The molecule has 1 aromatic carbocycles. The van der Waals surface area contributed by atoms with Crippen LogP contribution < -0.4 is 5.32 Å². The van der Waals surface area contributed by atoms with Crippen LogP contribution in [-0.4, -0.2) is 11.0 Å². The molecule has 0 spiro atoms. The van der Waals surface area contributed by atoms with Gasteiger partial charge in [0.15, 0.2) is 5.13 Å². The average molecular weight is 262 g/mol. The summed E-state index contributed by atoms with van der Waals surface area (Å²) in [5.74, 6) is -0.295. The van der Waals surface area contributed by atoms with E-state index in [1.807, 2.05) is 36.6 Å². The largest absolute Gasteiger partial charge is 0.459 e. The number of nitrogens with zero attached hydrogens (tertiary/aromatic N) is 1. The van der Waals surface area contributed by atoms with Gasteiger partial charge in [-0.1, -0.05) is 17.7 Å². The molecule has 0 aliphatic rings. The second kappa shape index (κ2) is 5.64. The van der Waals surface area contributed by atoms with E-state index in [1.54, 1.807) is 0 Å². The molecule has 0 aliphatic heterocycles. The Morgan fingerprint density at radius 1 is 1.39 bits per heavy atom. The molecule has 1 N–H and O–H groups in total. The predicted octanol–water partition coefficient (Wildman–Crippen LogP) is 3.26. The lowest BCUT2D eigenvalue weighted by Gasteiger charge is -2.02. The Bertz CT molecular complexity index is 534. The van der Waals surface area contributed by atoms with Gasteiger partial charge in [0.2, 0.25) is 0 Å². The van der Waals surface area contributed by atoms with Gasteiger partial charge in [0.25, 0.3) is 0 Å². The summed E-state index contributed by atoms with van der Waals surface area (Å²) >= 11 is 1.49. The minimum absolute atomic E-state index is 0.224. The Kier molecular flexibility index (Phi) is 3.94. The maximum atomic E-state index is 10.7. The second-order valence-corrected chi connectivity index (χ2v) is 4.77. The summed E-state index contributed by atoms with van der Waals surface area (Å²) < 4.78 is 4.88. The lowest BCUT2D eigenvalue weighted by molar-refractivity contribution is -0.142. The molecule has 0 unspecified atom stereocenters. The lowest BCUT2D eigenvalue weighted by atomic mass is 10.2. The molecule has 0 aliphatic carbocycles. The first-order chi connectivity index (χ1) is 8.63. The van der Waals surface area contributed by atoms with E-state index in [4.69, 9.17) is 4.74 Å². The molecule has 0 saturated heterocycles. The number of hydrogen-bond donors (Lipinski definition) is 1. The van der Waals surface area contributed by atoms with E-state index in [1.165, 1.54) is 23.8 Å². The highest BCUT2D eigenvalue weighted by Crippen LogP contribution is 2.21. The molecule has 18 heavy (non-hydrogen) atoms. The zero-order valence-electron chi connectivity index (χ0n) is 10.3. The Morgan fingerprint density at radius 2 is 2.11 bits per heavy atom. The summed E-state index contributed by atoms with van der Waals surface area (Å²) in [6.45, 7) is 3.66. The van der Waals surface area contributed by atoms with E-state index in [-0.39, 0.29) is 12.6 Å². The van der Waals surface area contributed by atoms with Gasteiger partial charge in [-0.05, 0) is 19.1 Å². The average Bonchev–Trinajstić information content (AvgIpc) is 2.77. The molecule has 0 bridgehead atoms. The minimum atomic E-state index is -0.295. The van der Waals surface area contributed by atoms with Crippen molar-refractivity contribution in [1.82, 2.24) is 4.98 Å². The van der Waals surface area contributed by atoms with Crippen molar-refractivity contribution in [1.29, 1.82) is 0 Å². The molecular formula is C13H14N2O2S. The molecule has 0 saturated carbocycles. The van der Waals surface area contributed by atoms with Crippen LogP contribution in [0.3, 0.4) is 0 Å². The summed E-state index contributed by atoms with van der Waals surface area (Å²) in [6, 6.07) is 8.08. The Hall–Kier alpha value is -1.88. The van der Waals surface area contributed by atoms with E-state index in [2.05, 4.69) is 10.3 Å². The first-order valence-corrected chi connectivity index (χ1v) is 6.43. The zero-order chi connectivity index (χ0) is 13.0. The van der Waals surface area contributed by atoms with Gasteiger partial charge in [-0.25, -0.2) is 4.98 Å². The van der Waals surface area contributed by atoms with Gasteiger partial charge in [0.1, 0.15) is 6.61 Å². The zero-order valence-corrected chi connectivity index (χ0v) is 11.1. The minimum Gasteiger partial charge on any atom is -0.459 e. The summed E-state index contributed by atoms with van der Waals surface area (Å²) in [6.07, 6.45) is 0. The van der Waals surface area contributed by atoms with Crippen LogP contribution in [0.2, 0.25) is 0 Å². The maximum Gasteiger partial charge on any atom is 0.303 e. The highest BCUT2D eigenvalue weighted by atomic mass is 32.1. The maximum absolute atomic E-state index is 10.7. The van der Waals surface area contributed by atoms with Crippen molar-refractivity contribution in [2.45, 2.75) is 20.5 Å². The first-order valence-electron chi connectivity index (χ1n) is 5.55. The summed E-state index contributed by atoms with van der Waals surface area (Å²) in [5.41, 5.74) is 2.97. The highest BCUT2D eigenvalue weighted by molar-refractivity contribution is 7.13. The Balaban J connectivity index is 1.97. The van der Waals surface area contributed by atoms with Gasteiger partial charge >= 0.3 is 5.97 Å². The number of nitrogens with one attached hydrogen (secondary N) is 1. The van der Waals surface area contributed by atoms with Gasteiger partial charge < -0.3 is 10.1 Å². The predicted molar refractivity (Wildman–Crippen MR) is 72.0 cm³/mol. The summed E-state index contributed by atoms with van der Waals surface area (Å²) in [4.78, 5) is 15.0. The van der Waals surface area contributed by atoms with Crippen molar-refractivity contribution in [3.63, 3.8) is 0 Å². The molecule has 5 heteroatoms. The van der Waals surface area contributed by atoms with Gasteiger partial charge in [0, 0.05) is 18.0 Å². The van der Waals surface area contributed by atoms with Crippen molar-refractivity contribution in [2.24, 2.45) is 0 Å². The Labute approximate surface area is 110 Å². The van der Waals surface area contributed by atoms with Crippen molar-refractivity contribution in [3.05, 3.63) is 40.9 Å². The lowest BCUT2D eigenvalue weighted by Crippen LogP contribution is -1.99. The van der Waals surface area contributed by atoms with Crippen LogP contribution in [-0.2, 0) is 16.1 Å². The summed E-state index contributed by atoms with van der Waals surface area (Å²) in [7, 11) is 0. The van der Waals surface area contributed by atoms with E-state index in [0.717, 1.165) is 16.5 Å². The van der Waals surface area contributed by atoms with Crippen molar-refractivity contribution < 1.29 is 9.53 Å². The number of thiazole rings is 1. The van der Waals surface area contributed by atoms with Crippen LogP contribution in [0, 0.1) is 6.92 Å². The molecule has 0 amide bonds. The number of anilines is 2. The highest BCUT2D eigenvalue weighted by Gasteiger charge is 2.03. The van der Waals surface area contributed by atoms with Crippen LogP contribution in [0.25, 0.3) is 0 Å². The van der Waals surface area contributed by atoms with Crippen LogP contribution in [0.5, 0.6) is 0 Å². The topological polar surface area (TPSA) is 51.2 Å². The fourth-order valence-electron chi connectivity index (χ4n) is 1.37. The molecule has 0 atom stereocenters. The third kappa shape index (κ3) is 3.56. The molecular weight excluding hydrogens is 248 g/mol. The number of aromatic nitrogens is 1. The third-order valence-corrected chi connectivity index (χ3v) is 3.08. The molecule has 2 aromatic rings. The molecule has 1 aromatic heterocycles. The quantitative estimate of drug-likeness (QED) is 0.859. The Morgan fingerprint density at radius 3 is 2.78 bits per heavy atom. The van der Waals surface area contributed by atoms with E-state index < -0.39 is 0 Å². The van der Waals surface area contributed by atoms with Gasteiger partial charge in [0.05, 0.1) is 5.69 Å². The molecule has 1 heterocycles. The number of rotatable bonds is 4. The smallest absolute Gasteiger partial charge is 0.303 e. The van der Waals surface area contributed by atoms with E-state index in [9.17, 15) is 4.79 Å². The fraction of sp³-hybridized carbons (Fsp3) is 0.231. The van der Waals surface area contributed by atoms with Crippen molar-refractivity contribution >= 4 is 28.1 Å². The van der Waals surface area contributed by atoms with E-state index >= 15 is 0 Å². The number of carbonyl (C=O) groups is 1. The SMILES string of the molecule is CC(=O)OCc1csc(Nc2ccc(C)cc2)n1. The number of ether oxygens (including phenoxy) is 1. The number of aryl methyl sites for hydroxylation is 1. The second-order valence-electron chi connectivity index (χ2n) is 3.92. The van der Waals surface area contributed by atoms with Crippen molar-refractivity contribution in [2.75, 3.05) is 5.32 Å². The molecule has 0 fully saturated rings. The van der Waals surface area contributed by atoms with Crippen LogP contribution in [0.1, 0.15) is 18.2 Å². The number of esters is 1. The summed E-state index contributed by atoms with van der Waals surface area (Å²) in [5, 5.41) is 5.87. The number of benzene rings is 1.